The molecule has 1 rings (SSSR count). The molecule has 2 N–H and O–H groups in total. The molecule has 166 valence electrons. The molecule has 8 heteroatoms. The van der Waals surface area contributed by atoms with Crippen LogP contribution in [0.25, 0.3) is 0 Å². The molecule has 29 heavy (non-hydrogen) atoms. The van der Waals surface area contributed by atoms with E-state index in [1.165, 1.54) is 4.90 Å². The van der Waals surface area contributed by atoms with E-state index in [4.69, 9.17) is 4.74 Å². The zero-order chi connectivity index (χ0) is 22.2. The third kappa shape index (κ3) is 8.12. The maximum absolute atomic E-state index is 12.0. The number of hydrogen-bond donors (Lipinski definition) is 2. The fraction of sp³-hybridized carbons (Fsp3) is 0.810. The van der Waals surface area contributed by atoms with Crippen LogP contribution in [0.5, 0.6) is 0 Å². The first kappa shape index (κ1) is 25.1. The Bertz CT molecular complexity index is 615. The van der Waals surface area contributed by atoms with E-state index >= 15 is 0 Å². The Kier molecular flexibility index (Phi) is 9.26. The highest BCUT2D eigenvalue weighted by Gasteiger charge is 2.35. The smallest absolute Gasteiger partial charge is 0.232 e. The van der Waals surface area contributed by atoms with Gasteiger partial charge in [0.1, 0.15) is 0 Å². The Balaban J connectivity index is 2.28. The highest BCUT2D eigenvalue weighted by atomic mass is 16.5. The number of amides is 4. The first-order valence-electron chi connectivity index (χ1n) is 10.4. The first-order chi connectivity index (χ1) is 13.4. The summed E-state index contributed by atoms with van der Waals surface area (Å²) in [6.45, 7) is 12.9. The third-order valence-corrected chi connectivity index (χ3v) is 5.25. The van der Waals surface area contributed by atoms with E-state index in [0.717, 1.165) is 0 Å². The van der Waals surface area contributed by atoms with Gasteiger partial charge in [-0.25, -0.2) is 0 Å². The van der Waals surface area contributed by atoms with E-state index in [0.29, 0.717) is 32.5 Å². The average Bonchev–Trinajstić information content (AvgIpc) is 2.84. The van der Waals surface area contributed by atoms with Gasteiger partial charge in [-0.3, -0.25) is 24.1 Å². The van der Waals surface area contributed by atoms with Gasteiger partial charge in [0.25, 0.3) is 0 Å². The van der Waals surface area contributed by atoms with Crippen molar-refractivity contribution in [3.8, 4) is 0 Å². The summed E-state index contributed by atoms with van der Waals surface area (Å²) < 4.78 is 5.93. The number of imide groups is 1. The molecule has 1 heterocycles. The van der Waals surface area contributed by atoms with Crippen molar-refractivity contribution in [3.05, 3.63) is 0 Å². The Morgan fingerprint density at radius 1 is 1.14 bits per heavy atom. The fourth-order valence-electron chi connectivity index (χ4n) is 3.06. The number of nitrogens with one attached hydrogen (secondary N) is 2. The van der Waals surface area contributed by atoms with Crippen LogP contribution in [-0.4, -0.2) is 60.4 Å². The molecule has 0 aromatic carbocycles. The molecule has 1 aliphatic heterocycles. The molecule has 1 unspecified atom stereocenters. The number of hydrogen-bond acceptors (Lipinski definition) is 5. The van der Waals surface area contributed by atoms with Gasteiger partial charge in [0.2, 0.25) is 23.6 Å². The highest BCUT2D eigenvalue weighted by molar-refractivity contribution is 6.03. The molecule has 1 fully saturated rings. The molecular weight excluding hydrogens is 374 g/mol. The van der Waals surface area contributed by atoms with E-state index in [2.05, 4.69) is 10.6 Å². The molecule has 0 aromatic heterocycles. The quantitative estimate of drug-likeness (QED) is 0.475. The van der Waals surface area contributed by atoms with E-state index in [9.17, 15) is 19.2 Å². The van der Waals surface area contributed by atoms with E-state index in [1.54, 1.807) is 6.92 Å². The van der Waals surface area contributed by atoms with Crippen molar-refractivity contribution >= 4 is 23.6 Å². The molecule has 0 aliphatic carbocycles. The van der Waals surface area contributed by atoms with Crippen molar-refractivity contribution in [1.82, 2.24) is 15.5 Å². The van der Waals surface area contributed by atoms with E-state index in [1.807, 2.05) is 34.6 Å². The largest absolute Gasteiger partial charge is 0.375 e. The zero-order valence-corrected chi connectivity index (χ0v) is 18.7. The average molecular weight is 412 g/mol. The molecule has 0 spiro atoms. The first-order valence-corrected chi connectivity index (χ1v) is 10.4. The zero-order valence-electron chi connectivity index (χ0n) is 18.7. The number of carbonyl (C=O) groups is 4. The normalized spacial score (nSPS) is 17.6. The summed E-state index contributed by atoms with van der Waals surface area (Å²) in [5.74, 6) is -0.883. The maximum Gasteiger partial charge on any atom is 0.232 e. The van der Waals surface area contributed by atoms with Gasteiger partial charge < -0.3 is 15.4 Å². The highest BCUT2D eigenvalue weighted by Crippen LogP contribution is 2.23. The van der Waals surface area contributed by atoms with Crippen LogP contribution in [0.4, 0.5) is 0 Å². The van der Waals surface area contributed by atoms with E-state index in [-0.39, 0.29) is 48.9 Å². The van der Waals surface area contributed by atoms with E-state index < -0.39 is 11.0 Å². The third-order valence-electron chi connectivity index (χ3n) is 5.25. The van der Waals surface area contributed by atoms with Crippen molar-refractivity contribution in [1.29, 1.82) is 0 Å². The van der Waals surface area contributed by atoms with Crippen LogP contribution >= 0.6 is 0 Å². The van der Waals surface area contributed by atoms with Gasteiger partial charge in [-0.1, -0.05) is 20.8 Å². The number of rotatable bonds is 12. The van der Waals surface area contributed by atoms with Crippen molar-refractivity contribution in [3.63, 3.8) is 0 Å². The van der Waals surface area contributed by atoms with Gasteiger partial charge in [-0.15, -0.1) is 0 Å². The summed E-state index contributed by atoms with van der Waals surface area (Å²) in [6.07, 6.45) is 1.54. The van der Waals surface area contributed by atoms with Gasteiger partial charge in [0.05, 0.1) is 5.60 Å². The maximum atomic E-state index is 12.0. The molecule has 1 aliphatic rings. The lowest BCUT2D eigenvalue weighted by atomic mass is 9.88. The van der Waals surface area contributed by atoms with Gasteiger partial charge in [-0.05, 0) is 33.6 Å². The van der Waals surface area contributed by atoms with Crippen LogP contribution in [0.3, 0.4) is 0 Å². The van der Waals surface area contributed by atoms with Gasteiger partial charge in [-0.2, -0.15) is 0 Å². The Morgan fingerprint density at radius 2 is 1.79 bits per heavy atom. The van der Waals surface area contributed by atoms with Gasteiger partial charge in [0.15, 0.2) is 0 Å². The Hall–Kier alpha value is -1.96. The van der Waals surface area contributed by atoms with Gasteiger partial charge in [0, 0.05) is 50.4 Å². The van der Waals surface area contributed by atoms with Gasteiger partial charge >= 0.3 is 0 Å². The SMILES string of the molecule is CCNC(=O)C(C)(C)CCOC(C)(C)CCNC(=O)CCN1C(=O)CC(C)C1=O. The summed E-state index contributed by atoms with van der Waals surface area (Å²) in [4.78, 5) is 48.8. The van der Waals surface area contributed by atoms with Crippen molar-refractivity contribution < 1.29 is 23.9 Å². The van der Waals surface area contributed by atoms with Crippen LogP contribution < -0.4 is 10.6 Å². The molecule has 0 saturated carbocycles. The monoisotopic (exact) mass is 411 g/mol. The van der Waals surface area contributed by atoms with Crippen molar-refractivity contribution in [2.45, 2.75) is 72.8 Å². The summed E-state index contributed by atoms with van der Waals surface area (Å²) in [7, 11) is 0. The molecule has 1 atom stereocenters. The Morgan fingerprint density at radius 3 is 2.34 bits per heavy atom. The fourth-order valence-corrected chi connectivity index (χ4v) is 3.06. The topological polar surface area (TPSA) is 105 Å². The molecule has 8 nitrogen and oxygen atoms in total. The van der Waals surface area contributed by atoms with Crippen LogP contribution in [-0.2, 0) is 23.9 Å². The number of likely N-dealkylation sites (tertiary alicyclic amines) is 1. The minimum atomic E-state index is -0.498. The lowest BCUT2D eigenvalue weighted by Gasteiger charge is -2.29. The number of ether oxygens (including phenoxy) is 1. The predicted molar refractivity (Wildman–Crippen MR) is 110 cm³/mol. The minimum absolute atomic E-state index is 0.0121. The second-order valence-corrected chi connectivity index (χ2v) is 8.94. The summed E-state index contributed by atoms with van der Waals surface area (Å²) >= 11 is 0. The molecule has 4 amide bonds. The lowest BCUT2D eigenvalue weighted by Crippen LogP contribution is -2.39. The van der Waals surface area contributed by atoms with Crippen LogP contribution in [0.2, 0.25) is 0 Å². The second-order valence-electron chi connectivity index (χ2n) is 8.94. The molecule has 0 bridgehead atoms. The van der Waals surface area contributed by atoms with Crippen LogP contribution in [0.1, 0.15) is 67.2 Å². The van der Waals surface area contributed by atoms with Crippen molar-refractivity contribution in [2.24, 2.45) is 11.3 Å². The Labute approximate surface area is 174 Å². The number of carbonyl (C=O) groups excluding carboxylic acids is 4. The van der Waals surface area contributed by atoms with Crippen LogP contribution in [0.15, 0.2) is 0 Å². The molecular formula is C21H37N3O5. The number of nitrogens with zero attached hydrogens (tertiary/aromatic N) is 1. The summed E-state index contributed by atoms with van der Waals surface area (Å²) in [6, 6.07) is 0. The molecule has 1 saturated heterocycles. The lowest BCUT2D eigenvalue weighted by molar-refractivity contribution is -0.139. The standard InChI is InChI=1S/C21H37N3O5/c1-7-22-19(28)20(3,4)10-13-29-21(5,6)9-11-23-16(25)8-12-24-17(26)14-15(2)18(24)27/h15H,7-14H2,1-6H3,(H,22,28)(H,23,25). The minimum Gasteiger partial charge on any atom is -0.375 e. The summed E-state index contributed by atoms with van der Waals surface area (Å²) in [5.41, 5.74) is -0.941. The molecule has 0 radical (unpaired) electrons. The van der Waals surface area contributed by atoms with Crippen LogP contribution in [0, 0.1) is 11.3 Å². The predicted octanol–water partition coefficient (Wildman–Crippen LogP) is 1.63. The van der Waals surface area contributed by atoms with Crippen molar-refractivity contribution in [2.75, 3.05) is 26.2 Å². The molecule has 0 aromatic rings. The second kappa shape index (κ2) is 10.7. The summed E-state index contributed by atoms with van der Waals surface area (Å²) in [5, 5.41) is 5.65.